The van der Waals surface area contributed by atoms with Crippen molar-refractivity contribution in [2.45, 2.75) is 356 Å². The Morgan fingerprint density at radius 3 is 1.36 bits per heavy atom. The molecule has 4 saturated heterocycles. The first-order chi connectivity index (χ1) is 59.8. The molecule has 126 heavy (non-hydrogen) atoms. The number of phosphoric acid groups is 2. The molecule has 4 aliphatic heterocycles. The lowest BCUT2D eigenvalue weighted by molar-refractivity contribution is -0.331. The second kappa shape index (κ2) is 61.6. The Morgan fingerprint density at radius 1 is 0.500 bits per heavy atom. The Labute approximate surface area is 755 Å². The van der Waals surface area contributed by atoms with Gasteiger partial charge in [-0.3, -0.25) is 33.0 Å². The molecular formula is C93H155N7O23P2S. The summed E-state index contributed by atoms with van der Waals surface area (Å²) in [4.78, 5) is 98.6. The van der Waals surface area contributed by atoms with Crippen LogP contribution in [-0.2, 0) is 74.9 Å². The highest BCUT2D eigenvalue weighted by atomic mass is 32.2. The van der Waals surface area contributed by atoms with E-state index in [-0.39, 0.29) is 57.0 Å². The van der Waals surface area contributed by atoms with Gasteiger partial charge in [-0.05, 0) is 238 Å². The Kier molecular flexibility index (Phi) is 54.9. The summed E-state index contributed by atoms with van der Waals surface area (Å²) < 4.78 is 77.6. The largest absolute Gasteiger partial charge is 0.483 e. The summed E-state index contributed by atoms with van der Waals surface area (Å²) >= 11 is 1.83. The van der Waals surface area contributed by atoms with E-state index in [0.29, 0.717) is 31.1 Å². The van der Waals surface area contributed by atoms with Crippen molar-refractivity contribution in [2.24, 2.45) is 0 Å². The first-order valence-electron chi connectivity index (χ1n) is 45.1. The lowest BCUT2D eigenvalue weighted by atomic mass is 9.94. The lowest BCUT2D eigenvalue weighted by Crippen LogP contribution is -2.70. The molecule has 13 N–H and O–H groups in total. The Balaban J connectivity index is 1.20. The van der Waals surface area contributed by atoms with Crippen LogP contribution < -0.4 is 37.2 Å². The van der Waals surface area contributed by atoms with E-state index in [1.165, 1.54) is 75.7 Å². The topological polar surface area (TPSA) is 425 Å². The number of hydrogen-bond donors (Lipinski definition) is 13. The summed E-state index contributed by atoms with van der Waals surface area (Å²) in [5.41, 5.74) is 14.9. The molecule has 2 unspecified atom stereocenters. The highest BCUT2D eigenvalue weighted by molar-refractivity contribution is 8.00. The number of aliphatic hydroxyl groups excluding tert-OH is 4. The highest BCUT2D eigenvalue weighted by Crippen LogP contribution is 2.61. The molecule has 0 saturated carbocycles. The van der Waals surface area contributed by atoms with Gasteiger partial charge in [-0.25, -0.2) is 13.9 Å². The third kappa shape index (κ3) is 47.2. The summed E-state index contributed by atoms with van der Waals surface area (Å²) in [6, 6.07) is -4.58. The first-order valence-corrected chi connectivity index (χ1v) is 49.2. The molecule has 17 atom stereocenters. The third-order valence-corrected chi connectivity index (χ3v) is 26.4. The second-order valence-corrected chi connectivity index (χ2v) is 38.6. The molecule has 33 heteroatoms. The van der Waals surface area contributed by atoms with Gasteiger partial charge in [-0.1, -0.05) is 135 Å². The lowest BCUT2D eigenvalue weighted by Gasteiger charge is -2.49. The van der Waals surface area contributed by atoms with Gasteiger partial charge in [0, 0.05) is 44.4 Å². The van der Waals surface area contributed by atoms with Crippen LogP contribution in [0.5, 0.6) is 0 Å². The normalized spacial score (nSPS) is 24.7. The number of fused-ring (bicyclic) bond motifs is 1. The van der Waals surface area contributed by atoms with Crippen LogP contribution in [0.2, 0.25) is 0 Å². The van der Waals surface area contributed by atoms with E-state index in [4.69, 9.17) is 41.8 Å². The molecule has 0 aromatic carbocycles. The van der Waals surface area contributed by atoms with E-state index in [9.17, 15) is 68.1 Å². The zero-order valence-corrected chi connectivity index (χ0v) is 80.6. The number of carbonyl (C=O) groups is 6. The van der Waals surface area contributed by atoms with Crippen LogP contribution in [0.25, 0.3) is 0 Å². The monoisotopic (exact) mass is 1830 g/mol. The quantitative estimate of drug-likeness (QED) is 0.0116. The third-order valence-electron chi connectivity index (χ3n) is 22.3. The maximum absolute atomic E-state index is 13.9. The minimum absolute atomic E-state index is 0.0139. The number of unbranched alkanes of at least 4 members (excludes halogenated alkanes) is 1. The van der Waals surface area contributed by atoms with E-state index < -0.39 is 133 Å². The predicted molar refractivity (Wildman–Crippen MR) is 494 cm³/mol. The number of amides is 7. The maximum atomic E-state index is 13.9. The van der Waals surface area contributed by atoms with Crippen LogP contribution >= 0.6 is 27.4 Å². The standard InChI is InChI=1S/C93H155N7O23P2S/c1-62(2)29-19-30-63(3)31-20-32-64(4)33-21-34-65(5)35-22-36-66(6)37-23-38-67(7)39-24-40-68(8)41-25-42-69(9)43-26-44-70(10)45-27-46-71(11)47-28-48-72(12)51-54-117-124(111,112)123-125(113,114)122-92-84(98-76(16)104)88(87(79(60-102)120-92)121-91-83(97-75(15)103)86(107)85(106)78(59-101)119-91)118-74(14)90(109)96-73(13)89(108)95-53-56-116-58-57-115-55-52-94-81(105)50-18-17-49-80-82-77(61-126-80)99-93(110)100-82/h29,31,33,35,37,39,41,43,45,47,51,73-74,77-80,82-88,91-92,101-102,106-107H,17-28,30,32,34,36,38,40,42,44,46,48-50,52-61H2,1-16H3,(H,94,105)(H,95,108)(H,96,109)(H,97,103)(H,98,104)(H,111,112)(H,113,114)(H2,99,100,110)/b63-31+,64-33+,65-35+,66-37-,67-39-,68-41-,69-43-,70-45+,71-47-,72-51+/t73-,74+,77-,78+,79+,80-,82-,83+,84+,85-,86+,87+,88+,91-,92+/m0/s1. The van der Waals surface area contributed by atoms with Crippen LogP contribution in [0.4, 0.5) is 4.79 Å². The second-order valence-electron chi connectivity index (χ2n) is 34.3. The van der Waals surface area contributed by atoms with Crippen molar-refractivity contribution in [1.29, 1.82) is 0 Å². The van der Waals surface area contributed by atoms with Gasteiger partial charge < -0.3 is 95.9 Å². The molecule has 0 radical (unpaired) electrons. The Hall–Kier alpha value is -6.03. The summed E-state index contributed by atoms with van der Waals surface area (Å²) in [6.45, 7) is 29.3. The fourth-order valence-electron chi connectivity index (χ4n) is 14.7. The van der Waals surface area contributed by atoms with Gasteiger partial charge in [-0.15, -0.1) is 0 Å². The number of rotatable bonds is 62. The van der Waals surface area contributed by atoms with E-state index in [1.54, 1.807) is 6.92 Å². The van der Waals surface area contributed by atoms with Gasteiger partial charge >= 0.3 is 21.7 Å². The number of carbonyl (C=O) groups excluding carboxylic acids is 6. The molecule has 4 heterocycles. The number of ether oxygens (including phenoxy) is 6. The molecule has 4 aliphatic rings. The van der Waals surface area contributed by atoms with Crippen molar-refractivity contribution in [2.75, 3.05) is 65.1 Å². The number of urea groups is 1. The molecule has 4 rings (SSSR count). The molecule has 0 bridgehead atoms. The number of nitrogens with one attached hydrogen (secondary N) is 7. The SMILES string of the molecule is CC(=O)N[C@H]1[C@H](O[C@H]2[C@H](O[C@H](C)C(=O)N[C@@H](C)C(=O)NCCOCCOCCNC(=O)CCCC[C@@H]3SC[C@@H]4NC(=O)N[C@@H]43)[C@@H](NC(C)=O)[C@@H](OP(=O)(O)OP(=O)(O)OC/C=C(\C)CC/C=C(/C)CC/C=C(\C)CC/C=C(/C)CC/C=C(/C)CC/C=C(/C)CC/C=C(/C)CC/C=C(\C)CC/C=C(\C)CC/C=C(\C)CCC=C(C)C)O[C@@H]2CO)O[C@H](CO)[C@H](O)[C@@H]1O. The number of hydrogen-bond acceptors (Lipinski definition) is 22. The van der Waals surface area contributed by atoms with Crippen molar-refractivity contribution >= 4 is 63.0 Å². The maximum Gasteiger partial charge on any atom is 0.483 e. The number of thioether (sulfide) groups is 1. The Bertz CT molecular complexity index is 3830. The smallest absolute Gasteiger partial charge is 0.394 e. The predicted octanol–water partition coefficient (Wildman–Crippen LogP) is 14.3. The van der Waals surface area contributed by atoms with Crippen molar-refractivity contribution in [3.63, 3.8) is 0 Å². The minimum atomic E-state index is -5.85. The van der Waals surface area contributed by atoms with Gasteiger partial charge in [0.25, 0.3) is 0 Å². The average Bonchev–Trinajstić information content (AvgIpc) is 1.01. The first kappa shape index (κ1) is 112. The zero-order valence-electron chi connectivity index (χ0n) is 78.0. The number of allylic oxidation sites excluding steroid dienone is 21. The zero-order chi connectivity index (χ0) is 93.3. The summed E-state index contributed by atoms with van der Waals surface area (Å²) in [5, 5.41) is 62.0. The fraction of sp³-hybridized carbons (Fsp3) is 0.699. The van der Waals surface area contributed by atoms with Gasteiger partial charge in [0.1, 0.15) is 60.9 Å². The van der Waals surface area contributed by atoms with E-state index >= 15 is 0 Å². The number of aliphatic hydroxyl groups is 4. The summed E-state index contributed by atoms with van der Waals surface area (Å²) in [6.07, 6.45) is 31.9. The number of phosphoric ester groups is 2. The fourth-order valence-corrected chi connectivity index (χ4v) is 18.4. The van der Waals surface area contributed by atoms with Gasteiger partial charge in [0.15, 0.2) is 12.6 Å². The van der Waals surface area contributed by atoms with Crippen LogP contribution in [-0.4, -0.2) is 222 Å². The van der Waals surface area contributed by atoms with E-state index in [0.717, 1.165) is 160 Å². The molecular weight excluding hydrogens is 1680 g/mol. The molecule has 0 aromatic rings. The Morgan fingerprint density at radius 2 is 0.921 bits per heavy atom. The van der Waals surface area contributed by atoms with Gasteiger partial charge in [0.2, 0.25) is 29.5 Å². The van der Waals surface area contributed by atoms with E-state index in [1.807, 2.05) is 11.8 Å². The van der Waals surface area contributed by atoms with Gasteiger partial charge in [-0.2, -0.15) is 16.1 Å². The average molecular weight is 1830 g/mol. The molecule has 0 spiro atoms. The van der Waals surface area contributed by atoms with Crippen LogP contribution in [0, 0.1) is 0 Å². The molecule has 4 fully saturated rings. The van der Waals surface area contributed by atoms with Crippen LogP contribution in [0.1, 0.15) is 265 Å². The molecule has 30 nitrogen and oxygen atoms in total. The summed E-state index contributed by atoms with van der Waals surface area (Å²) in [5.74, 6) is -2.45. The molecule has 716 valence electrons. The molecule has 0 aliphatic carbocycles. The van der Waals surface area contributed by atoms with Crippen LogP contribution in [0.15, 0.2) is 128 Å². The van der Waals surface area contributed by atoms with Crippen molar-refractivity contribution in [3.8, 4) is 0 Å². The molecule has 7 amide bonds. The minimum Gasteiger partial charge on any atom is -0.394 e. The molecule has 0 aromatic heterocycles. The van der Waals surface area contributed by atoms with E-state index in [2.05, 4.69) is 174 Å². The van der Waals surface area contributed by atoms with Crippen molar-refractivity contribution in [1.82, 2.24) is 37.2 Å². The summed E-state index contributed by atoms with van der Waals surface area (Å²) in [7, 11) is -11.3. The van der Waals surface area contributed by atoms with Crippen LogP contribution in [0.3, 0.4) is 0 Å². The highest BCUT2D eigenvalue weighted by Gasteiger charge is 2.55. The van der Waals surface area contributed by atoms with Gasteiger partial charge in [0.05, 0.1) is 58.3 Å². The van der Waals surface area contributed by atoms with Crippen molar-refractivity contribution < 1.29 is 110 Å². The van der Waals surface area contributed by atoms with Crippen molar-refractivity contribution in [3.05, 3.63) is 128 Å².